The van der Waals surface area contributed by atoms with Crippen molar-refractivity contribution in [2.24, 2.45) is 7.05 Å². The maximum Gasteiger partial charge on any atom is 0.276 e. The van der Waals surface area contributed by atoms with Crippen LogP contribution in [0.15, 0.2) is 36.4 Å². The first-order valence-electron chi connectivity index (χ1n) is 10.6. The average Bonchev–Trinajstić information content (AvgIpc) is 3.40. The van der Waals surface area contributed by atoms with E-state index in [0.717, 1.165) is 30.4 Å². The fourth-order valence-corrected chi connectivity index (χ4v) is 5.50. The highest BCUT2D eigenvalue weighted by Crippen LogP contribution is 2.45. The number of hydrogen-bond donors (Lipinski definition) is 5. The number of carbonyl (C=O) groups is 2. The minimum atomic E-state index is -0.873. The van der Waals surface area contributed by atoms with Gasteiger partial charge in [0.05, 0.1) is 46.9 Å². The third kappa shape index (κ3) is 2.70. The van der Waals surface area contributed by atoms with Gasteiger partial charge in [0.1, 0.15) is 5.75 Å². The van der Waals surface area contributed by atoms with E-state index in [2.05, 4.69) is 33.0 Å². The monoisotopic (exact) mass is 570 g/mol. The van der Waals surface area contributed by atoms with Crippen molar-refractivity contribution in [2.75, 3.05) is 13.2 Å². The molecule has 172 valence electrons. The number of amides is 2. The van der Waals surface area contributed by atoms with Crippen molar-refractivity contribution in [2.45, 2.75) is 6.04 Å². The molecule has 34 heavy (non-hydrogen) atoms. The van der Waals surface area contributed by atoms with Gasteiger partial charge in [0.2, 0.25) is 0 Å². The van der Waals surface area contributed by atoms with Gasteiger partial charge in [-0.15, -0.1) is 0 Å². The van der Waals surface area contributed by atoms with Crippen molar-refractivity contribution in [1.82, 2.24) is 20.0 Å². The zero-order chi connectivity index (χ0) is 23.9. The van der Waals surface area contributed by atoms with E-state index >= 15 is 0 Å². The molecular weight excluding hydrogens is 551 g/mol. The van der Waals surface area contributed by atoms with Gasteiger partial charge in [-0.05, 0) is 46.9 Å². The first-order valence-corrected chi connectivity index (χ1v) is 11.7. The van der Waals surface area contributed by atoms with Crippen LogP contribution in [0.4, 0.5) is 0 Å². The third-order valence-corrected chi connectivity index (χ3v) is 7.19. The number of phenolic OH excluding ortho intramolecular Hbond substituents is 1. The Morgan fingerprint density at radius 2 is 1.68 bits per heavy atom. The minimum Gasteiger partial charge on any atom is -0.508 e. The maximum absolute atomic E-state index is 13.7. The van der Waals surface area contributed by atoms with Crippen molar-refractivity contribution < 1.29 is 24.9 Å². The van der Waals surface area contributed by atoms with Crippen LogP contribution < -0.4 is 5.43 Å². The fourth-order valence-electron chi connectivity index (χ4n) is 5.01. The van der Waals surface area contributed by atoms with Gasteiger partial charge in [-0.25, -0.2) is 10.4 Å². The molecule has 3 heterocycles. The van der Waals surface area contributed by atoms with Crippen LogP contribution in [0.1, 0.15) is 20.7 Å². The summed E-state index contributed by atoms with van der Waals surface area (Å²) in [6, 6.07) is 9.89. The number of carbonyl (C=O) groups excluding carboxylic acids is 2. The summed E-state index contributed by atoms with van der Waals surface area (Å²) in [4.78, 5) is 30.8. The number of aryl methyl sites for hydroxylation is 1. The molecule has 1 aliphatic rings. The van der Waals surface area contributed by atoms with Crippen LogP contribution >= 0.6 is 22.6 Å². The number of hydrogen-bond acceptors (Lipinski definition) is 6. The predicted molar refractivity (Wildman–Crippen MR) is 136 cm³/mol. The molecule has 0 unspecified atom stereocenters. The van der Waals surface area contributed by atoms with Crippen molar-refractivity contribution in [3.05, 3.63) is 51.1 Å². The fraction of sp³-hybridized carbons (Fsp3) is 0.167. The van der Waals surface area contributed by atoms with Crippen molar-refractivity contribution in [3.8, 4) is 5.75 Å². The first-order chi connectivity index (χ1) is 16.3. The number of nitrogens with one attached hydrogen (secondary N) is 2. The Balaban J connectivity index is 1.81. The van der Waals surface area contributed by atoms with Gasteiger partial charge < -0.3 is 24.9 Å². The summed E-state index contributed by atoms with van der Waals surface area (Å²) < 4.78 is 2.93. The molecule has 0 radical (unpaired) electrons. The van der Waals surface area contributed by atoms with Gasteiger partial charge in [0.15, 0.2) is 0 Å². The Morgan fingerprint density at radius 1 is 1.00 bits per heavy atom. The molecule has 10 heteroatoms. The van der Waals surface area contributed by atoms with Crippen LogP contribution in [0.3, 0.4) is 0 Å². The van der Waals surface area contributed by atoms with Crippen LogP contribution in [0.25, 0.3) is 43.6 Å². The highest BCUT2D eigenvalue weighted by atomic mass is 127. The number of aromatic amines is 1. The lowest BCUT2D eigenvalue weighted by Crippen LogP contribution is -2.50. The van der Waals surface area contributed by atoms with Crippen LogP contribution in [-0.2, 0) is 7.05 Å². The quantitative estimate of drug-likeness (QED) is 0.167. The van der Waals surface area contributed by atoms with E-state index in [1.807, 2.05) is 29.8 Å². The van der Waals surface area contributed by atoms with Crippen molar-refractivity contribution >= 4 is 78.0 Å². The zero-order valence-corrected chi connectivity index (χ0v) is 20.0. The second-order valence-electron chi connectivity index (χ2n) is 8.44. The summed E-state index contributed by atoms with van der Waals surface area (Å²) >= 11 is 2.22. The molecule has 0 spiro atoms. The van der Waals surface area contributed by atoms with Gasteiger partial charge in [0, 0.05) is 43.7 Å². The van der Waals surface area contributed by atoms with Crippen LogP contribution in [0, 0.1) is 3.57 Å². The number of phenols is 1. The smallest absolute Gasteiger partial charge is 0.276 e. The second-order valence-corrected chi connectivity index (χ2v) is 9.68. The highest BCUT2D eigenvalue weighted by molar-refractivity contribution is 14.1. The van der Waals surface area contributed by atoms with E-state index in [1.54, 1.807) is 18.2 Å². The predicted octanol–water partition coefficient (Wildman–Crippen LogP) is 2.73. The molecule has 5 aromatic rings. The van der Waals surface area contributed by atoms with Gasteiger partial charge in [-0.2, -0.15) is 0 Å². The molecule has 0 atom stereocenters. The Bertz CT molecular complexity index is 1700. The Morgan fingerprint density at radius 3 is 2.38 bits per heavy atom. The molecule has 2 aromatic heterocycles. The highest BCUT2D eigenvalue weighted by Gasteiger charge is 2.42. The van der Waals surface area contributed by atoms with Crippen LogP contribution in [-0.4, -0.2) is 60.9 Å². The lowest BCUT2D eigenvalue weighted by molar-refractivity contribution is 0.0458. The molecule has 0 saturated carbocycles. The summed E-state index contributed by atoms with van der Waals surface area (Å²) in [5.41, 5.74) is 6.21. The molecular formula is C24H19IN4O5. The number of rotatable bonds is 4. The van der Waals surface area contributed by atoms with E-state index in [9.17, 15) is 24.9 Å². The molecule has 0 fully saturated rings. The van der Waals surface area contributed by atoms with Gasteiger partial charge in [0.25, 0.3) is 11.8 Å². The number of aromatic hydroxyl groups is 1. The topological polar surface area (TPSA) is 131 Å². The summed E-state index contributed by atoms with van der Waals surface area (Å²) in [7, 11) is 1.86. The normalized spacial score (nSPS) is 14.1. The lowest BCUT2D eigenvalue weighted by atomic mass is 9.97. The number of fused-ring (bicyclic) bond motifs is 10. The number of nitrogens with zero attached hydrogens (tertiary/aromatic N) is 2. The molecule has 0 aliphatic carbocycles. The first kappa shape index (κ1) is 21.4. The van der Waals surface area contributed by atoms with Gasteiger partial charge >= 0.3 is 0 Å². The lowest BCUT2D eigenvalue weighted by Gasteiger charge is -2.20. The SMILES string of the molecule is Cn1c2cc(O)ccc2c2c3c(c4c5ccc(I)cc5[nH]c4c21)C(=O)N(NC(CO)CO)C3=O. The summed E-state index contributed by atoms with van der Waals surface area (Å²) in [6.45, 7) is -0.901. The Hall–Kier alpha value is -3.19. The molecule has 0 bridgehead atoms. The largest absolute Gasteiger partial charge is 0.508 e. The number of aromatic nitrogens is 2. The number of aliphatic hydroxyl groups is 2. The Labute approximate surface area is 205 Å². The summed E-state index contributed by atoms with van der Waals surface area (Å²) in [5.74, 6) is -1.01. The molecule has 9 nitrogen and oxygen atoms in total. The number of aliphatic hydroxyl groups excluding tert-OH is 2. The number of hydrazine groups is 1. The zero-order valence-electron chi connectivity index (χ0n) is 17.9. The molecule has 5 N–H and O–H groups in total. The van der Waals surface area contributed by atoms with Gasteiger partial charge in [-0.3, -0.25) is 9.59 Å². The number of halogens is 1. The average molecular weight is 570 g/mol. The van der Waals surface area contributed by atoms with Crippen molar-refractivity contribution in [3.63, 3.8) is 0 Å². The van der Waals surface area contributed by atoms with Crippen LogP contribution in [0.2, 0.25) is 0 Å². The number of H-pyrrole nitrogens is 1. The van der Waals surface area contributed by atoms with E-state index in [1.165, 1.54) is 0 Å². The van der Waals surface area contributed by atoms with E-state index < -0.39 is 31.1 Å². The third-order valence-electron chi connectivity index (χ3n) is 6.52. The second kappa shape index (κ2) is 7.40. The Kier molecular flexibility index (Phi) is 4.65. The van der Waals surface area contributed by atoms with Crippen molar-refractivity contribution in [1.29, 1.82) is 0 Å². The maximum atomic E-state index is 13.7. The minimum absolute atomic E-state index is 0.0944. The molecule has 3 aromatic carbocycles. The molecule has 0 saturated heterocycles. The number of benzene rings is 3. The van der Waals surface area contributed by atoms with Gasteiger partial charge in [-0.1, -0.05) is 6.07 Å². The van der Waals surface area contributed by atoms with E-state index in [-0.39, 0.29) is 16.9 Å². The summed E-state index contributed by atoms with van der Waals surface area (Å²) in [6.07, 6.45) is 0. The summed E-state index contributed by atoms with van der Waals surface area (Å²) in [5, 5.41) is 32.8. The van der Waals surface area contributed by atoms with E-state index in [4.69, 9.17) is 0 Å². The van der Waals surface area contributed by atoms with Crippen LogP contribution in [0.5, 0.6) is 5.75 Å². The molecule has 1 aliphatic heterocycles. The molecule has 6 rings (SSSR count). The number of imide groups is 1. The molecule has 2 amide bonds. The van der Waals surface area contributed by atoms with E-state index in [0.29, 0.717) is 21.8 Å². The standard InChI is InChI=1S/C24H19IN4O5/c1-28-16-7-12(32)3-5-14(16)18-20-19(23(33)29(24(20)34)27-11(8-30)9-31)17-13-4-2-10(25)6-15(13)26-21(17)22(18)28/h2-7,11,26-27,30-32H,8-9H2,1H3.